The van der Waals surface area contributed by atoms with Crippen LogP contribution in [0.2, 0.25) is 0 Å². The summed E-state index contributed by atoms with van der Waals surface area (Å²) in [5, 5.41) is 9.44. The standard InChI is InChI=1S/C10H18N4O/c1-3-5-6-12-10(15)9-8(11)7(4-2)13-14-9/h3-6,11H2,1-2H3,(H,12,15)(H,13,14). The monoisotopic (exact) mass is 210 g/mol. The summed E-state index contributed by atoms with van der Waals surface area (Å²) in [5.74, 6) is -0.197. The van der Waals surface area contributed by atoms with Crippen molar-refractivity contribution in [3.63, 3.8) is 0 Å². The SMILES string of the molecule is CCCCNC(=O)c1n[nH]c(CC)c1N. The minimum atomic E-state index is -0.197. The predicted octanol–water partition coefficient (Wildman–Crippen LogP) is 1.08. The average molecular weight is 210 g/mol. The molecule has 0 spiro atoms. The Balaban J connectivity index is 2.61. The van der Waals surface area contributed by atoms with Crippen LogP contribution in [0.4, 0.5) is 5.69 Å². The highest BCUT2D eigenvalue weighted by atomic mass is 16.1. The van der Waals surface area contributed by atoms with Crippen molar-refractivity contribution in [2.45, 2.75) is 33.1 Å². The summed E-state index contributed by atoms with van der Waals surface area (Å²) >= 11 is 0. The number of hydrogen-bond donors (Lipinski definition) is 3. The van der Waals surface area contributed by atoms with E-state index in [1.54, 1.807) is 0 Å². The molecule has 0 radical (unpaired) electrons. The van der Waals surface area contributed by atoms with Crippen LogP contribution in [0.3, 0.4) is 0 Å². The summed E-state index contributed by atoms with van der Waals surface area (Å²) < 4.78 is 0. The molecule has 0 fully saturated rings. The van der Waals surface area contributed by atoms with E-state index >= 15 is 0 Å². The fourth-order valence-corrected chi connectivity index (χ4v) is 1.29. The lowest BCUT2D eigenvalue weighted by atomic mass is 10.2. The van der Waals surface area contributed by atoms with E-state index in [0.29, 0.717) is 17.9 Å². The second-order valence-electron chi connectivity index (χ2n) is 3.43. The van der Waals surface area contributed by atoms with Crippen LogP contribution in [0.15, 0.2) is 0 Å². The van der Waals surface area contributed by atoms with Gasteiger partial charge in [-0.2, -0.15) is 5.10 Å². The van der Waals surface area contributed by atoms with E-state index in [0.717, 1.165) is 25.0 Å². The molecular weight excluding hydrogens is 192 g/mol. The molecule has 1 rings (SSSR count). The highest BCUT2D eigenvalue weighted by molar-refractivity contribution is 5.97. The summed E-state index contributed by atoms with van der Waals surface area (Å²) in [6, 6.07) is 0. The maximum atomic E-state index is 11.6. The number of nitrogens with two attached hydrogens (primary N) is 1. The van der Waals surface area contributed by atoms with E-state index in [-0.39, 0.29) is 5.91 Å². The zero-order valence-electron chi connectivity index (χ0n) is 9.26. The molecule has 5 heteroatoms. The molecule has 0 aromatic carbocycles. The van der Waals surface area contributed by atoms with Crippen molar-refractivity contribution in [2.75, 3.05) is 12.3 Å². The van der Waals surface area contributed by atoms with Gasteiger partial charge in [-0.25, -0.2) is 0 Å². The van der Waals surface area contributed by atoms with Gasteiger partial charge in [-0.15, -0.1) is 0 Å². The minimum absolute atomic E-state index is 0.197. The Hall–Kier alpha value is -1.52. The van der Waals surface area contributed by atoms with Crippen molar-refractivity contribution in [1.82, 2.24) is 15.5 Å². The number of nitrogens with zero attached hydrogens (tertiary/aromatic N) is 1. The van der Waals surface area contributed by atoms with Gasteiger partial charge < -0.3 is 11.1 Å². The van der Waals surface area contributed by atoms with Crippen molar-refractivity contribution < 1.29 is 4.79 Å². The van der Waals surface area contributed by atoms with Crippen LogP contribution in [-0.2, 0) is 6.42 Å². The number of unbranched alkanes of at least 4 members (excludes halogenated alkanes) is 1. The number of rotatable bonds is 5. The highest BCUT2D eigenvalue weighted by Gasteiger charge is 2.15. The number of aromatic nitrogens is 2. The van der Waals surface area contributed by atoms with Gasteiger partial charge in [0.1, 0.15) is 0 Å². The molecule has 0 bridgehead atoms. The van der Waals surface area contributed by atoms with Crippen LogP contribution in [-0.4, -0.2) is 22.6 Å². The molecule has 84 valence electrons. The van der Waals surface area contributed by atoms with Gasteiger partial charge in [0.15, 0.2) is 5.69 Å². The van der Waals surface area contributed by atoms with Gasteiger partial charge in [0, 0.05) is 6.54 Å². The quantitative estimate of drug-likeness (QED) is 0.636. The largest absolute Gasteiger partial charge is 0.395 e. The summed E-state index contributed by atoms with van der Waals surface area (Å²) in [6.07, 6.45) is 2.77. The van der Waals surface area contributed by atoms with Gasteiger partial charge in [0.25, 0.3) is 5.91 Å². The summed E-state index contributed by atoms with van der Waals surface area (Å²) in [5.41, 5.74) is 7.35. The summed E-state index contributed by atoms with van der Waals surface area (Å²) in [6.45, 7) is 4.70. The van der Waals surface area contributed by atoms with Gasteiger partial charge in [-0.1, -0.05) is 20.3 Å². The molecule has 5 nitrogen and oxygen atoms in total. The first-order valence-corrected chi connectivity index (χ1v) is 5.31. The molecule has 0 aliphatic rings. The van der Waals surface area contributed by atoms with Gasteiger partial charge in [0.2, 0.25) is 0 Å². The Morgan fingerprint density at radius 3 is 2.80 bits per heavy atom. The minimum Gasteiger partial charge on any atom is -0.395 e. The van der Waals surface area contributed by atoms with E-state index in [1.165, 1.54) is 0 Å². The van der Waals surface area contributed by atoms with E-state index in [4.69, 9.17) is 5.73 Å². The molecule has 1 amide bonds. The number of carbonyl (C=O) groups is 1. The molecule has 1 aromatic rings. The number of amides is 1. The summed E-state index contributed by atoms with van der Waals surface area (Å²) in [7, 11) is 0. The fourth-order valence-electron chi connectivity index (χ4n) is 1.29. The number of carbonyl (C=O) groups excluding carboxylic acids is 1. The topological polar surface area (TPSA) is 83.8 Å². The fraction of sp³-hybridized carbons (Fsp3) is 0.600. The molecule has 0 saturated heterocycles. The Morgan fingerprint density at radius 2 is 2.27 bits per heavy atom. The molecule has 0 aliphatic heterocycles. The second kappa shape index (κ2) is 5.38. The molecule has 4 N–H and O–H groups in total. The smallest absolute Gasteiger partial charge is 0.273 e. The number of nitrogen functional groups attached to an aromatic ring is 1. The van der Waals surface area contributed by atoms with Crippen LogP contribution in [0.1, 0.15) is 42.9 Å². The van der Waals surface area contributed by atoms with E-state index in [2.05, 4.69) is 22.4 Å². The van der Waals surface area contributed by atoms with Crippen molar-refractivity contribution in [3.05, 3.63) is 11.4 Å². The molecule has 15 heavy (non-hydrogen) atoms. The Morgan fingerprint density at radius 1 is 1.53 bits per heavy atom. The Bertz CT molecular complexity index is 332. The lowest BCUT2D eigenvalue weighted by Crippen LogP contribution is -2.25. The molecule has 0 aliphatic carbocycles. The number of aryl methyl sites for hydroxylation is 1. The summed E-state index contributed by atoms with van der Waals surface area (Å²) in [4.78, 5) is 11.6. The number of anilines is 1. The second-order valence-corrected chi connectivity index (χ2v) is 3.43. The normalized spacial score (nSPS) is 10.3. The van der Waals surface area contributed by atoms with Gasteiger partial charge >= 0.3 is 0 Å². The third-order valence-corrected chi connectivity index (χ3v) is 2.27. The Labute approximate surface area is 89.4 Å². The van der Waals surface area contributed by atoms with Crippen molar-refractivity contribution >= 4 is 11.6 Å². The predicted molar refractivity (Wildman–Crippen MR) is 59.6 cm³/mol. The molecule has 0 atom stereocenters. The van der Waals surface area contributed by atoms with E-state index in [1.807, 2.05) is 6.92 Å². The number of nitrogens with one attached hydrogen (secondary N) is 2. The zero-order chi connectivity index (χ0) is 11.3. The molecular formula is C10H18N4O. The van der Waals surface area contributed by atoms with Crippen molar-refractivity contribution in [1.29, 1.82) is 0 Å². The third-order valence-electron chi connectivity index (χ3n) is 2.27. The number of H-pyrrole nitrogens is 1. The van der Waals surface area contributed by atoms with Gasteiger partial charge in [-0.3, -0.25) is 9.89 Å². The van der Waals surface area contributed by atoms with E-state index in [9.17, 15) is 4.79 Å². The zero-order valence-corrected chi connectivity index (χ0v) is 9.26. The van der Waals surface area contributed by atoms with Crippen molar-refractivity contribution in [2.24, 2.45) is 0 Å². The van der Waals surface area contributed by atoms with Crippen molar-refractivity contribution in [3.8, 4) is 0 Å². The van der Waals surface area contributed by atoms with Crippen LogP contribution < -0.4 is 11.1 Å². The molecule has 1 heterocycles. The average Bonchev–Trinajstić information content (AvgIpc) is 2.60. The Kier molecular flexibility index (Phi) is 4.15. The van der Waals surface area contributed by atoms with Crippen LogP contribution >= 0.6 is 0 Å². The first kappa shape index (κ1) is 11.6. The van der Waals surface area contributed by atoms with Crippen LogP contribution in [0.5, 0.6) is 0 Å². The number of hydrogen-bond acceptors (Lipinski definition) is 3. The van der Waals surface area contributed by atoms with Crippen LogP contribution in [0, 0.1) is 0 Å². The number of aromatic amines is 1. The molecule has 0 saturated carbocycles. The van der Waals surface area contributed by atoms with Gasteiger partial charge in [-0.05, 0) is 12.8 Å². The third kappa shape index (κ3) is 2.71. The first-order chi connectivity index (χ1) is 7.20. The van der Waals surface area contributed by atoms with E-state index < -0.39 is 0 Å². The maximum absolute atomic E-state index is 11.6. The highest BCUT2D eigenvalue weighted by Crippen LogP contribution is 2.13. The maximum Gasteiger partial charge on any atom is 0.273 e. The lowest BCUT2D eigenvalue weighted by Gasteiger charge is -2.02. The molecule has 0 unspecified atom stereocenters. The first-order valence-electron chi connectivity index (χ1n) is 5.31. The van der Waals surface area contributed by atoms with Gasteiger partial charge in [0.05, 0.1) is 11.4 Å². The lowest BCUT2D eigenvalue weighted by molar-refractivity contribution is 0.0949. The molecule has 1 aromatic heterocycles. The van der Waals surface area contributed by atoms with Crippen LogP contribution in [0.25, 0.3) is 0 Å².